The Kier molecular flexibility index (Phi) is 7.32. The lowest BCUT2D eigenvalue weighted by Gasteiger charge is -2.22. The van der Waals surface area contributed by atoms with Crippen molar-refractivity contribution in [2.75, 3.05) is 38.8 Å². The van der Waals surface area contributed by atoms with Gasteiger partial charge in [-0.3, -0.25) is 0 Å². The molecule has 0 radical (unpaired) electrons. The Morgan fingerprint density at radius 1 is 1.39 bits per heavy atom. The van der Waals surface area contributed by atoms with Gasteiger partial charge in [0, 0.05) is 44.0 Å². The third-order valence-electron chi connectivity index (χ3n) is 2.82. The number of nitrogens with one attached hydrogen (secondary N) is 1. The van der Waals surface area contributed by atoms with Crippen molar-refractivity contribution in [3.63, 3.8) is 0 Å². The summed E-state index contributed by atoms with van der Waals surface area (Å²) in [6, 6.07) is 6.45. The third kappa shape index (κ3) is 4.96. The number of methoxy groups -OCH3 is 1. The maximum Gasteiger partial charge on any atom is 0.0587 e. The van der Waals surface area contributed by atoms with Crippen LogP contribution in [0.4, 0.5) is 5.69 Å². The predicted molar refractivity (Wildman–Crippen MR) is 81.3 cm³/mol. The fraction of sp³-hybridized carbons (Fsp3) is 0.571. The lowest BCUT2D eigenvalue weighted by Crippen LogP contribution is -2.23. The molecule has 0 saturated carbocycles. The first kappa shape index (κ1) is 15.5. The zero-order chi connectivity index (χ0) is 13.4. The summed E-state index contributed by atoms with van der Waals surface area (Å²) in [5, 5.41) is 3.39. The zero-order valence-electron chi connectivity index (χ0n) is 11.5. The fourth-order valence-electron chi connectivity index (χ4n) is 1.89. The highest BCUT2D eigenvalue weighted by molar-refractivity contribution is 9.10. The minimum absolute atomic E-state index is 0.747. The van der Waals surface area contributed by atoms with E-state index in [1.165, 1.54) is 11.3 Å². The molecule has 18 heavy (non-hydrogen) atoms. The number of anilines is 1. The summed E-state index contributed by atoms with van der Waals surface area (Å²) in [6.45, 7) is 5.77. The monoisotopic (exact) mass is 314 g/mol. The first-order valence-electron chi connectivity index (χ1n) is 6.38. The predicted octanol–water partition coefficient (Wildman–Crippen LogP) is 3.03. The van der Waals surface area contributed by atoms with Gasteiger partial charge in [-0.25, -0.2) is 0 Å². The number of benzene rings is 1. The van der Waals surface area contributed by atoms with E-state index in [4.69, 9.17) is 4.74 Å². The topological polar surface area (TPSA) is 24.5 Å². The van der Waals surface area contributed by atoms with Gasteiger partial charge in [-0.2, -0.15) is 0 Å². The van der Waals surface area contributed by atoms with Crippen molar-refractivity contribution in [1.82, 2.24) is 5.32 Å². The molecule has 0 unspecified atom stereocenters. The Labute approximate surface area is 119 Å². The highest BCUT2D eigenvalue weighted by Crippen LogP contribution is 2.24. The van der Waals surface area contributed by atoms with Crippen LogP contribution in [0, 0.1) is 0 Å². The minimum Gasteiger partial charge on any atom is -0.383 e. The van der Waals surface area contributed by atoms with Crippen LogP contribution in [-0.2, 0) is 11.3 Å². The van der Waals surface area contributed by atoms with Crippen molar-refractivity contribution >= 4 is 21.6 Å². The summed E-state index contributed by atoms with van der Waals surface area (Å²) >= 11 is 3.54. The number of hydrogen-bond acceptors (Lipinski definition) is 3. The fourth-order valence-corrected chi connectivity index (χ4v) is 2.24. The molecule has 0 aromatic heterocycles. The van der Waals surface area contributed by atoms with Gasteiger partial charge in [0.15, 0.2) is 0 Å². The number of halogens is 1. The summed E-state index contributed by atoms with van der Waals surface area (Å²) < 4.78 is 6.16. The molecule has 0 aliphatic carbocycles. The summed E-state index contributed by atoms with van der Waals surface area (Å²) in [4.78, 5) is 2.30. The molecule has 0 spiro atoms. The molecular formula is C14H23BrN2O. The Morgan fingerprint density at radius 2 is 2.17 bits per heavy atom. The van der Waals surface area contributed by atoms with Gasteiger partial charge >= 0.3 is 0 Å². The number of nitrogens with zero attached hydrogens (tertiary/aromatic N) is 1. The van der Waals surface area contributed by atoms with Crippen molar-refractivity contribution in [2.24, 2.45) is 0 Å². The van der Waals surface area contributed by atoms with Crippen LogP contribution in [-0.4, -0.2) is 33.9 Å². The molecule has 0 aliphatic heterocycles. The van der Waals surface area contributed by atoms with E-state index in [1.807, 2.05) is 0 Å². The number of rotatable bonds is 8. The Morgan fingerprint density at radius 3 is 2.83 bits per heavy atom. The molecule has 1 aromatic rings. The molecule has 0 fully saturated rings. The maximum absolute atomic E-state index is 5.03. The first-order valence-corrected chi connectivity index (χ1v) is 7.17. The van der Waals surface area contributed by atoms with E-state index >= 15 is 0 Å². The molecule has 0 amide bonds. The quantitative estimate of drug-likeness (QED) is 0.746. The lowest BCUT2D eigenvalue weighted by molar-refractivity contribution is 0.199. The Balaban J connectivity index is 2.70. The van der Waals surface area contributed by atoms with Gasteiger partial charge in [-0.15, -0.1) is 0 Å². The van der Waals surface area contributed by atoms with Crippen LogP contribution in [0.15, 0.2) is 22.7 Å². The molecule has 102 valence electrons. The summed E-state index contributed by atoms with van der Waals surface area (Å²) in [6.07, 6.45) is 1.15. The molecule has 0 bridgehead atoms. The highest BCUT2D eigenvalue weighted by Gasteiger charge is 2.07. The van der Waals surface area contributed by atoms with Crippen molar-refractivity contribution < 1.29 is 4.74 Å². The second-order valence-electron chi connectivity index (χ2n) is 4.36. The van der Waals surface area contributed by atoms with Gasteiger partial charge in [0.05, 0.1) is 6.61 Å². The van der Waals surface area contributed by atoms with Crippen molar-refractivity contribution in [2.45, 2.75) is 19.9 Å². The van der Waals surface area contributed by atoms with Gasteiger partial charge in [0.2, 0.25) is 0 Å². The van der Waals surface area contributed by atoms with Crippen LogP contribution in [0.25, 0.3) is 0 Å². The summed E-state index contributed by atoms with van der Waals surface area (Å²) in [5.74, 6) is 0. The Hall–Kier alpha value is -0.580. The molecule has 0 aliphatic rings. The molecule has 0 saturated heterocycles. The maximum atomic E-state index is 5.03. The summed E-state index contributed by atoms with van der Waals surface area (Å²) in [5.41, 5.74) is 2.61. The van der Waals surface area contributed by atoms with Crippen LogP contribution in [0.5, 0.6) is 0 Å². The van der Waals surface area contributed by atoms with E-state index in [0.717, 1.165) is 37.1 Å². The highest BCUT2D eigenvalue weighted by atomic mass is 79.9. The van der Waals surface area contributed by atoms with Crippen molar-refractivity contribution in [3.05, 3.63) is 28.2 Å². The van der Waals surface area contributed by atoms with E-state index in [1.54, 1.807) is 7.11 Å². The van der Waals surface area contributed by atoms with E-state index in [-0.39, 0.29) is 0 Å². The van der Waals surface area contributed by atoms with Crippen LogP contribution >= 0.6 is 15.9 Å². The zero-order valence-corrected chi connectivity index (χ0v) is 13.1. The Bertz CT molecular complexity index is 358. The average Bonchev–Trinajstić information content (AvgIpc) is 2.36. The molecule has 4 heteroatoms. The molecule has 1 aromatic carbocycles. The average molecular weight is 315 g/mol. The van der Waals surface area contributed by atoms with Gasteiger partial charge in [0.1, 0.15) is 0 Å². The number of hydrogen-bond donors (Lipinski definition) is 1. The van der Waals surface area contributed by atoms with Gasteiger partial charge in [0.25, 0.3) is 0 Å². The smallest absolute Gasteiger partial charge is 0.0587 e. The van der Waals surface area contributed by atoms with Gasteiger partial charge in [-0.05, 0) is 24.1 Å². The van der Waals surface area contributed by atoms with E-state index < -0.39 is 0 Å². The molecule has 1 N–H and O–H groups in total. The standard InChI is InChI=1S/C14H23BrN2O/c1-4-8-17(2)14-10-13(15)6-5-12(14)11-16-7-9-18-3/h5-6,10,16H,4,7-9,11H2,1-3H3. The second kappa shape index (κ2) is 8.51. The SMILES string of the molecule is CCCN(C)c1cc(Br)ccc1CNCCOC. The van der Waals surface area contributed by atoms with Crippen LogP contribution in [0.1, 0.15) is 18.9 Å². The molecule has 3 nitrogen and oxygen atoms in total. The second-order valence-corrected chi connectivity index (χ2v) is 5.28. The molecule has 0 atom stereocenters. The third-order valence-corrected chi connectivity index (χ3v) is 3.31. The minimum atomic E-state index is 0.747. The van der Waals surface area contributed by atoms with Crippen molar-refractivity contribution in [1.29, 1.82) is 0 Å². The molecular weight excluding hydrogens is 292 g/mol. The number of ether oxygens (including phenoxy) is 1. The van der Waals surface area contributed by atoms with E-state index in [0.29, 0.717) is 0 Å². The van der Waals surface area contributed by atoms with Crippen LogP contribution in [0.2, 0.25) is 0 Å². The lowest BCUT2D eigenvalue weighted by atomic mass is 10.1. The largest absolute Gasteiger partial charge is 0.383 e. The molecule has 1 rings (SSSR count). The van der Waals surface area contributed by atoms with E-state index in [2.05, 4.69) is 58.3 Å². The van der Waals surface area contributed by atoms with Gasteiger partial charge < -0.3 is 15.0 Å². The molecule has 0 heterocycles. The van der Waals surface area contributed by atoms with Crippen LogP contribution in [0.3, 0.4) is 0 Å². The van der Waals surface area contributed by atoms with Gasteiger partial charge in [-0.1, -0.05) is 28.9 Å². The van der Waals surface area contributed by atoms with Crippen LogP contribution < -0.4 is 10.2 Å². The first-order chi connectivity index (χ1) is 8.69. The summed E-state index contributed by atoms with van der Waals surface area (Å²) in [7, 11) is 3.87. The normalized spacial score (nSPS) is 10.7. The van der Waals surface area contributed by atoms with E-state index in [9.17, 15) is 0 Å². The van der Waals surface area contributed by atoms with Crippen molar-refractivity contribution in [3.8, 4) is 0 Å².